The Labute approximate surface area is 97.5 Å². The van der Waals surface area contributed by atoms with Crippen LogP contribution in [0, 0.1) is 5.82 Å². The topological polar surface area (TPSA) is 0 Å². The molecule has 86 valence electrons. The van der Waals surface area contributed by atoms with Crippen LogP contribution in [0.15, 0.2) is 30.4 Å². The fraction of sp³-hybridized carbons (Fsp3) is 0.333. The van der Waals surface area contributed by atoms with Crippen molar-refractivity contribution in [3.8, 4) is 0 Å². The molecular formula is C15H19F. The molecule has 0 bridgehead atoms. The Morgan fingerprint density at radius 3 is 2.38 bits per heavy atom. The van der Waals surface area contributed by atoms with Gasteiger partial charge in [0.25, 0.3) is 0 Å². The summed E-state index contributed by atoms with van der Waals surface area (Å²) in [6.45, 7) is 12.2. The molecule has 1 heteroatoms. The third-order valence-corrected chi connectivity index (χ3v) is 2.89. The molecule has 0 atom stereocenters. The molecule has 0 N–H and O–H groups in total. The predicted molar refractivity (Wildman–Crippen MR) is 69.7 cm³/mol. The van der Waals surface area contributed by atoms with E-state index in [0.717, 1.165) is 23.1 Å². The van der Waals surface area contributed by atoms with Crippen molar-refractivity contribution in [3.63, 3.8) is 0 Å². The third kappa shape index (κ3) is 1.95. The van der Waals surface area contributed by atoms with Crippen molar-refractivity contribution in [2.45, 2.75) is 34.1 Å². The van der Waals surface area contributed by atoms with E-state index in [1.807, 2.05) is 19.9 Å². The van der Waals surface area contributed by atoms with E-state index in [2.05, 4.69) is 20.4 Å². The Morgan fingerprint density at radius 1 is 1.19 bits per heavy atom. The Hall–Kier alpha value is -1.37. The van der Waals surface area contributed by atoms with Gasteiger partial charge in [0.2, 0.25) is 0 Å². The van der Waals surface area contributed by atoms with Gasteiger partial charge in [-0.1, -0.05) is 33.4 Å². The van der Waals surface area contributed by atoms with E-state index in [9.17, 15) is 4.39 Å². The first-order chi connectivity index (χ1) is 7.65. The van der Waals surface area contributed by atoms with E-state index < -0.39 is 0 Å². The molecule has 0 spiro atoms. The lowest BCUT2D eigenvalue weighted by Crippen LogP contribution is -1.85. The first-order valence-corrected chi connectivity index (χ1v) is 5.84. The number of benzene rings is 1. The maximum atomic E-state index is 13.1. The average Bonchev–Trinajstić information content (AvgIpc) is 2.54. The normalized spacial score (nSPS) is 13.4. The molecule has 2 rings (SSSR count). The van der Waals surface area contributed by atoms with Crippen LogP contribution in [0.4, 0.5) is 4.39 Å². The van der Waals surface area contributed by atoms with Crippen LogP contribution < -0.4 is 0 Å². The maximum absolute atomic E-state index is 13.1. The molecule has 0 saturated heterocycles. The Morgan fingerprint density at radius 2 is 1.81 bits per heavy atom. The van der Waals surface area contributed by atoms with Gasteiger partial charge in [0, 0.05) is 0 Å². The van der Waals surface area contributed by atoms with Crippen molar-refractivity contribution in [2.75, 3.05) is 0 Å². The van der Waals surface area contributed by atoms with Crippen LogP contribution in [0.1, 0.15) is 45.2 Å². The minimum Gasteiger partial charge on any atom is -0.207 e. The number of fused-ring (bicyclic) bond motifs is 1. The third-order valence-electron chi connectivity index (χ3n) is 2.89. The van der Waals surface area contributed by atoms with Gasteiger partial charge in [0.1, 0.15) is 5.82 Å². The minimum atomic E-state index is -0.169. The Kier molecular flexibility index (Phi) is 4.05. The number of hydrogen-bond donors (Lipinski definition) is 0. The van der Waals surface area contributed by atoms with Crippen molar-refractivity contribution in [1.82, 2.24) is 0 Å². The van der Waals surface area contributed by atoms with Gasteiger partial charge in [-0.2, -0.15) is 0 Å². The van der Waals surface area contributed by atoms with E-state index in [-0.39, 0.29) is 5.82 Å². The standard InChI is InChI=1S/C13H13F.C2H6/c1-4-11-8(2)9(3)12-6-5-10(14)7-13(11)12;1-2/h5-7H,3-4H2,1-2H3;1-2H3. The second-order valence-electron chi connectivity index (χ2n) is 3.63. The number of allylic oxidation sites excluding steroid dienone is 3. The second kappa shape index (κ2) is 5.11. The van der Waals surface area contributed by atoms with E-state index >= 15 is 0 Å². The molecule has 1 aromatic rings. The van der Waals surface area contributed by atoms with Crippen molar-refractivity contribution >= 4 is 11.1 Å². The molecule has 0 aromatic heterocycles. The highest BCUT2D eigenvalue weighted by Crippen LogP contribution is 2.41. The number of hydrogen-bond acceptors (Lipinski definition) is 0. The minimum absolute atomic E-state index is 0.169. The van der Waals surface area contributed by atoms with Crippen LogP contribution in [0.2, 0.25) is 0 Å². The average molecular weight is 218 g/mol. The van der Waals surface area contributed by atoms with E-state index in [0.29, 0.717) is 0 Å². The van der Waals surface area contributed by atoms with Gasteiger partial charge in [-0.3, -0.25) is 0 Å². The highest BCUT2D eigenvalue weighted by Gasteiger charge is 2.20. The number of halogens is 1. The van der Waals surface area contributed by atoms with Crippen molar-refractivity contribution in [2.24, 2.45) is 0 Å². The predicted octanol–water partition coefficient (Wildman–Crippen LogP) is 5.06. The number of rotatable bonds is 1. The molecule has 1 aromatic carbocycles. The fourth-order valence-corrected chi connectivity index (χ4v) is 2.07. The highest BCUT2D eigenvalue weighted by molar-refractivity contribution is 5.98. The molecule has 0 fully saturated rings. The van der Waals surface area contributed by atoms with E-state index in [4.69, 9.17) is 0 Å². The van der Waals surface area contributed by atoms with Crippen molar-refractivity contribution < 1.29 is 4.39 Å². The monoisotopic (exact) mass is 218 g/mol. The second-order valence-corrected chi connectivity index (χ2v) is 3.63. The lowest BCUT2D eigenvalue weighted by Gasteiger charge is -2.02. The largest absolute Gasteiger partial charge is 0.207 e. The zero-order valence-corrected chi connectivity index (χ0v) is 10.5. The highest BCUT2D eigenvalue weighted by atomic mass is 19.1. The van der Waals surface area contributed by atoms with Gasteiger partial charge in [0.05, 0.1) is 0 Å². The summed E-state index contributed by atoms with van der Waals surface area (Å²) in [7, 11) is 0. The summed E-state index contributed by atoms with van der Waals surface area (Å²) >= 11 is 0. The molecule has 0 aliphatic heterocycles. The summed E-state index contributed by atoms with van der Waals surface area (Å²) in [6, 6.07) is 4.92. The summed E-state index contributed by atoms with van der Waals surface area (Å²) in [5.41, 5.74) is 5.57. The molecular weight excluding hydrogens is 199 g/mol. The van der Waals surface area contributed by atoms with Gasteiger partial charge in [-0.15, -0.1) is 0 Å². The summed E-state index contributed by atoms with van der Waals surface area (Å²) in [5.74, 6) is -0.169. The molecule has 0 nitrogen and oxygen atoms in total. The van der Waals surface area contributed by atoms with Crippen molar-refractivity contribution in [1.29, 1.82) is 0 Å². The van der Waals surface area contributed by atoms with Gasteiger partial charge in [-0.05, 0) is 53.3 Å². The maximum Gasteiger partial charge on any atom is 0.123 e. The molecule has 0 amide bonds. The fourth-order valence-electron chi connectivity index (χ4n) is 2.07. The van der Waals surface area contributed by atoms with Crippen LogP contribution >= 0.6 is 0 Å². The molecule has 0 unspecified atom stereocenters. The first kappa shape index (κ1) is 12.7. The van der Waals surface area contributed by atoms with E-state index in [1.165, 1.54) is 17.2 Å². The summed E-state index contributed by atoms with van der Waals surface area (Å²) in [6.07, 6.45) is 0.932. The summed E-state index contributed by atoms with van der Waals surface area (Å²) in [5, 5.41) is 0. The smallest absolute Gasteiger partial charge is 0.123 e. The zero-order chi connectivity index (χ0) is 12.3. The quantitative estimate of drug-likeness (QED) is 0.618. The van der Waals surface area contributed by atoms with Crippen molar-refractivity contribution in [3.05, 3.63) is 47.3 Å². The lowest BCUT2D eigenvalue weighted by atomic mass is 10.0. The van der Waals surface area contributed by atoms with Gasteiger partial charge >= 0.3 is 0 Å². The van der Waals surface area contributed by atoms with Crippen LogP contribution in [0.3, 0.4) is 0 Å². The molecule has 1 aliphatic carbocycles. The SMILES string of the molecule is C=C1C(C)=C(CC)c2cc(F)ccc21.CC. The first-order valence-electron chi connectivity index (χ1n) is 5.84. The molecule has 0 heterocycles. The molecule has 0 saturated carbocycles. The van der Waals surface area contributed by atoms with Gasteiger partial charge < -0.3 is 0 Å². The van der Waals surface area contributed by atoms with Gasteiger partial charge in [-0.25, -0.2) is 4.39 Å². The molecule has 16 heavy (non-hydrogen) atoms. The van der Waals surface area contributed by atoms with Crippen LogP contribution in [-0.4, -0.2) is 0 Å². The lowest BCUT2D eigenvalue weighted by molar-refractivity contribution is 0.627. The van der Waals surface area contributed by atoms with Crippen LogP contribution in [-0.2, 0) is 0 Å². The Bertz CT molecular complexity index is 439. The molecule has 0 radical (unpaired) electrons. The Balaban J connectivity index is 0.000000606. The zero-order valence-electron chi connectivity index (χ0n) is 10.5. The molecule has 1 aliphatic rings. The van der Waals surface area contributed by atoms with Gasteiger partial charge in [0.15, 0.2) is 0 Å². The van der Waals surface area contributed by atoms with Crippen LogP contribution in [0.25, 0.3) is 11.1 Å². The van der Waals surface area contributed by atoms with E-state index in [1.54, 1.807) is 6.07 Å². The summed E-state index contributed by atoms with van der Waals surface area (Å²) < 4.78 is 13.1. The summed E-state index contributed by atoms with van der Waals surface area (Å²) in [4.78, 5) is 0. The van der Waals surface area contributed by atoms with Crippen LogP contribution in [0.5, 0.6) is 0 Å².